The second-order valence-corrected chi connectivity index (χ2v) is 5.56. The van der Waals surface area contributed by atoms with Gasteiger partial charge < -0.3 is 9.72 Å². The molecule has 1 N–H and O–H groups in total. The highest BCUT2D eigenvalue weighted by atomic mass is 16.5. The molecule has 2 aromatic rings. The van der Waals surface area contributed by atoms with Gasteiger partial charge in [-0.15, -0.1) is 0 Å². The van der Waals surface area contributed by atoms with Crippen molar-refractivity contribution in [3.63, 3.8) is 0 Å². The minimum absolute atomic E-state index is 0.0915. The summed E-state index contributed by atoms with van der Waals surface area (Å²) in [6.45, 7) is 2.31. The van der Waals surface area contributed by atoms with Gasteiger partial charge in [0.25, 0.3) is 0 Å². The third kappa shape index (κ3) is 2.87. The van der Waals surface area contributed by atoms with Crippen LogP contribution in [0.5, 0.6) is 0 Å². The molecule has 1 unspecified atom stereocenters. The summed E-state index contributed by atoms with van der Waals surface area (Å²) >= 11 is 0. The number of aromatic nitrogens is 1. The molecule has 0 saturated carbocycles. The second kappa shape index (κ2) is 6.17. The van der Waals surface area contributed by atoms with Crippen molar-refractivity contribution in [2.45, 2.75) is 38.5 Å². The summed E-state index contributed by atoms with van der Waals surface area (Å²) in [5.41, 5.74) is 5.13. The van der Waals surface area contributed by atoms with Crippen LogP contribution >= 0.6 is 0 Å². The van der Waals surface area contributed by atoms with Crippen LogP contribution in [0.3, 0.4) is 0 Å². The Morgan fingerprint density at radius 3 is 2.90 bits per heavy atom. The smallest absolute Gasteiger partial charge is 0.306 e. The molecule has 21 heavy (non-hydrogen) atoms. The molecule has 3 rings (SSSR count). The number of ether oxygens (including phenoxy) is 1. The van der Waals surface area contributed by atoms with E-state index in [1.807, 2.05) is 13.0 Å². The van der Waals surface area contributed by atoms with Gasteiger partial charge in [0.2, 0.25) is 0 Å². The lowest BCUT2D eigenvalue weighted by Gasteiger charge is -2.22. The highest BCUT2D eigenvalue weighted by Gasteiger charge is 2.26. The van der Waals surface area contributed by atoms with E-state index in [2.05, 4.69) is 35.4 Å². The van der Waals surface area contributed by atoms with Crippen molar-refractivity contribution in [3.05, 3.63) is 47.8 Å². The number of hydrogen-bond donors (Lipinski definition) is 1. The van der Waals surface area contributed by atoms with Gasteiger partial charge in [-0.05, 0) is 37.3 Å². The molecule has 0 fully saturated rings. The first kappa shape index (κ1) is 13.9. The molecule has 3 heteroatoms. The quantitative estimate of drug-likeness (QED) is 0.860. The molecular formula is C18H21NO2. The van der Waals surface area contributed by atoms with Crippen LogP contribution in [0.4, 0.5) is 0 Å². The third-order valence-corrected chi connectivity index (χ3v) is 4.21. The lowest BCUT2D eigenvalue weighted by molar-refractivity contribution is -0.143. The molecule has 3 nitrogen and oxygen atoms in total. The van der Waals surface area contributed by atoms with E-state index in [0.29, 0.717) is 13.0 Å². The maximum absolute atomic E-state index is 11.8. The fourth-order valence-corrected chi connectivity index (χ4v) is 3.27. The molecule has 0 amide bonds. The molecule has 0 spiro atoms. The van der Waals surface area contributed by atoms with Crippen molar-refractivity contribution < 1.29 is 9.53 Å². The van der Waals surface area contributed by atoms with E-state index in [1.165, 1.54) is 22.4 Å². The minimum atomic E-state index is -0.0915. The number of H-pyrrole nitrogens is 1. The van der Waals surface area contributed by atoms with Gasteiger partial charge in [-0.1, -0.05) is 30.3 Å². The number of nitrogens with one attached hydrogen (secondary N) is 1. The van der Waals surface area contributed by atoms with Crippen LogP contribution in [-0.4, -0.2) is 17.6 Å². The van der Waals surface area contributed by atoms with Crippen molar-refractivity contribution in [3.8, 4) is 11.1 Å². The minimum Gasteiger partial charge on any atom is -0.466 e. The Kier molecular flexibility index (Phi) is 4.09. The van der Waals surface area contributed by atoms with Gasteiger partial charge in [-0.3, -0.25) is 4.79 Å². The maximum atomic E-state index is 11.8. The summed E-state index contributed by atoms with van der Waals surface area (Å²) in [7, 11) is 0. The lowest BCUT2D eigenvalue weighted by Crippen LogP contribution is -2.15. The van der Waals surface area contributed by atoms with E-state index in [1.54, 1.807) is 0 Å². The molecule has 1 aliphatic rings. The lowest BCUT2D eigenvalue weighted by atomic mass is 9.83. The van der Waals surface area contributed by atoms with Crippen LogP contribution in [0.15, 0.2) is 36.5 Å². The number of carbonyl (C=O) groups excluding carboxylic acids is 1. The summed E-state index contributed by atoms with van der Waals surface area (Å²) in [5.74, 6) is 0.177. The molecule has 0 saturated heterocycles. The van der Waals surface area contributed by atoms with Crippen molar-refractivity contribution >= 4 is 5.97 Å². The van der Waals surface area contributed by atoms with Crippen molar-refractivity contribution in [1.82, 2.24) is 4.98 Å². The van der Waals surface area contributed by atoms with Gasteiger partial charge in [-0.2, -0.15) is 0 Å². The Morgan fingerprint density at radius 2 is 2.14 bits per heavy atom. The Bertz CT molecular complexity index is 615. The zero-order valence-electron chi connectivity index (χ0n) is 12.4. The van der Waals surface area contributed by atoms with Gasteiger partial charge in [0, 0.05) is 23.4 Å². The average Bonchev–Trinajstić information content (AvgIpc) is 2.93. The van der Waals surface area contributed by atoms with Gasteiger partial charge in [0.05, 0.1) is 13.0 Å². The van der Waals surface area contributed by atoms with Gasteiger partial charge in [0.15, 0.2) is 0 Å². The molecule has 0 aliphatic heterocycles. The van der Waals surface area contributed by atoms with Crippen LogP contribution in [-0.2, 0) is 16.0 Å². The predicted octanol–water partition coefficient (Wildman–Crippen LogP) is 4.05. The zero-order valence-corrected chi connectivity index (χ0v) is 12.4. The van der Waals surface area contributed by atoms with E-state index in [4.69, 9.17) is 4.74 Å². The number of hydrogen-bond acceptors (Lipinski definition) is 2. The van der Waals surface area contributed by atoms with Crippen molar-refractivity contribution in [2.75, 3.05) is 6.61 Å². The average molecular weight is 283 g/mol. The fourth-order valence-electron chi connectivity index (χ4n) is 3.27. The molecular weight excluding hydrogens is 262 g/mol. The second-order valence-electron chi connectivity index (χ2n) is 5.56. The highest BCUT2D eigenvalue weighted by Crippen LogP contribution is 2.38. The molecule has 110 valence electrons. The van der Waals surface area contributed by atoms with Crippen LogP contribution in [0.2, 0.25) is 0 Å². The molecule has 1 aromatic heterocycles. The van der Waals surface area contributed by atoms with Crippen LogP contribution in [0, 0.1) is 0 Å². The molecule has 0 bridgehead atoms. The Balaban J connectivity index is 1.87. The Morgan fingerprint density at radius 1 is 1.33 bits per heavy atom. The first-order chi connectivity index (χ1) is 10.3. The molecule has 1 atom stereocenters. The summed E-state index contributed by atoms with van der Waals surface area (Å²) in [6.07, 6.45) is 5.84. The van der Waals surface area contributed by atoms with Crippen LogP contribution in [0.1, 0.15) is 43.4 Å². The van der Waals surface area contributed by atoms with Crippen LogP contribution in [0.25, 0.3) is 11.1 Å². The normalized spacial score (nSPS) is 17.3. The number of benzene rings is 1. The zero-order chi connectivity index (χ0) is 14.7. The van der Waals surface area contributed by atoms with Gasteiger partial charge in [0.1, 0.15) is 0 Å². The van der Waals surface area contributed by atoms with E-state index in [0.717, 1.165) is 19.3 Å². The summed E-state index contributed by atoms with van der Waals surface area (Å²) in [5, 5.41) is 0. The van der Waals surface area contributed by atoms with E-state index in [9.17, 15) is 4.79 Å². The van der Waals surface area contributed by atoms with Crippen molar-refractivity contribution in [1.29, 1.82) is 0 Å². The Labute approximate surface area is 125 Å². The first-order valence-electron chi connectivity index (χ1n) is 7.70. The van der Waals surface area contributed by atoms with Crippen LogP contribution < -0.4 is 0 Å². The topological polar surface area (TPSA) is 42.1 Å². The van der Waals surface area contributed by atoms with Gasteiger partial charge >= 0.3 is 5.97 Å². The summed E-state index contributed by atoms with van der Waals surface area (Å²) < 4.78 is 5.10. The fraction of sp³-hybridized carbons (Fsp3) is 0.389. The number of fused-ring (bicyclic) bond motifs is 1. The van der Waals surface area contributed by atoms with E-state index >= 15 is 0 Å². The first-order valence-corrected chi connectivity index (χ1v) is 7.70. The standard InChI is InChI=1S/C18H21NO2/c1-2-21-17(20)11-14-9-6-10-15-16(12-19-18(14)15)13-7-4-3-5-8-13/h3-5,7-8,12,14,19H,2,6,9-11H2,1H3. The number of aromatic amines is 1. The largest absolute Gasteiger partial charge is 0.466 e. The Hall–Kier alpha value is -2.03. The van der Waals surface area contributed by atoms with Gasteiger partial charge in [-0.25, -0.2) is 0 Å². The molecule has 0 radical (unpaired) electrons. The predicted molar refractivity (Wildman–Crippen MR) is 83.2 cm³/mol. The van der Waals surface area contributed by atoms with E-state index in [-0.39, 0.29) is 11.9 Å². The molecule has 1 aromatic carbocycles. The highest BCUT2D eigenvalue weighted by molar-refractivity contribution is 5.72. The van der Waals surface area contributed by atoms with E-state index < -0.39 is 0 Å². The third-order valence-electron chi connectivity index (χ3n) is 4.21. The maximum Gasteiger partial charge on any atom is 0.306 e. The monoisotopic (exact) mass is 283 g/mol. The number of rotatable bonds is 4. The number of esters is 1. The number of carbonyl (C=O) groups is 1. The SMILES string of the molecule is CCOC(=O)CC1CCCc2c(-c3ccccc3)c[nH]c21. The van der Waals surface area contributed by atoms with Crippen molar-refractivity contribution in [2.24, 2.45) is 0 Å². The molecule has 1 heterocycles. The molecule has 1 aliphatic carbocycles. The summed E-state index contributed by atoms with van der Waals surface area (Å²) in [6, 6.07) is 10.4. The summed E-state index contributed by atoms with van der Waals surface area (Å²) in [4.78, 5) is 15.2.